The molecular formula is C12H18N2O. The lowest BCUT2D eigenvalue weighted by atomic mass is 10.1. The van der Waals surface area contributed by atoms with Gasteiger partial charge >= 0.3 is 0 Å². The average Bonchev–Trinajstić information content (AvgIpc) is 2.14. The molecule has 0 radical (unpaired) electrons. The Morgan fingerprint density at radius 3 is 2.67 bits per heavy atom. The van der Waals surface area contributed by atoms with E-state index < -0.39 is 0 Å². The Hall–Kier alpha value is -1.51. The Morgan fingerprint density at radius 1 is 1.47 bits per heavy atom. The van der Waals surface area contributed by atoms with Crippen molar-refractivity contribution in [3.05, 3.63) is 29.3 Å². The van der Waals surface area contributed by atoms with E-state index in [9.17, 15) is 4.79 Å². The SMILES string of the molecule is Cc1cccc(N)c1C(=O)NCC(C)C. The van der Waals surface area contributed by atoms with Crippen LogP contribution in [0.15, 0.2) is 18.2 Å². The van der Waals surface area contributed by atoms with Crippen LogP contribution >= 0.6 is 0 Å². The van der Waals surface area contributed by atoms with Crippen LogP contribution in [0.2, 0.25) is 0 Å². The van der Waals surface area contributed by atoms with E-state index in [0.29, 0.717) is 23.7 Å². The fourth-order valence-corrected chi connectivity index (χ4v) is 1.39. The van der Waals surface area contributed by atoms with Crippen LogP contribution < -0.4 is 11.1 Å². The molecule has 0 heterocycles. The Bertz CT molecular complexity index is 338. The summed E-state index contributed by atoms with van der Waals surface area (Å²) in [7, 11) is 0. The lowest BCUT2D eigenvalue weighted by Crippen LogP contribution is -2.28. The molecule has 1 aromatic rings. The maximum Gasteiger partial charge on any atom is 0.253 e. The number of nitrogens with one attached hydrogen (secondary N) is 1. The first kappa shape index (κ1) is 11.6. The normalized spacial score (nSPS) is 10.4. The summed E-state index contributed by atoms with van der Waals surface area (Å²) < 4.78 is 0. The minimum absolute atomic E-state index is 0.0840. The number of carbonyl (C=O) groups excluding carboxylic acids is 1. The van der Waals surface area contributed by atoms with Gasteiger partial charge in [-0.3, -0.25) is 4.79 Å². The molecule has 0 aliphatic heterocycles. The number of anilines is 1. The highest BCUT2D eigenvalue weighted by molar-refractivity contribution is 6.00. The number of nitrogen functional groups attached to an aromatic ring is 1. The van der Waals surface area contributed by atoms with Crippen molar-refractivity contribution in [2.75, 3.05) is 12.3 Å². The number of rotatable bonds is 3. The fourth-order valence-electron chi connectivity index (χ4n) is 1.39. The van der Waals surface area contributed by atoms with Gasteiger partial charge in [0.1, 0.15) is 0 Å². The van der Waals surface area contributed by atoms with E-state index in [0.717, 1.165) is 5.56 Å². The predicted octanol–water partition coefficient (Wildman–Crippen LogP) is 1.96. The Kier molecular flexibility index (Phi) is 3.72. The number of nitrogens with two attached hydrogens (primary N) is 1. The smallest absolute Gasteiger partial charge is 0.253 e. The van der Waals surface area contributed by atoms with Crippen LogP contribution in [0, 0.1) is 12.8 Å². The van der Waals surface area contributed by atoms with Gasteiger partial charge in [0.2, 0.25) is 0 Å². The van der Waals surface area contributed by atoms with Gasteiger partial charge in [0.15, 0.2) is 0 Å². The van der Waals surface area contributed by atoms with Crippen molar-refractivity contribution >= 4 is 11.6 Å². The molecule has 0 fully saturated rings. The summed E-state index contributed by atoms with van der Waals surface area (Å²) in [4.78, 5) is 11.8. The molecule has 0 spiro atoms. The van der Waals surface area contributed by atoms with E-state index in [4.69, 9.17) is 5.73 Å². The molecule has 0 bridgehead atoms. The molecule has 82 valence electrons. The topological polar surface area (TPSA) is 55.1 Å². The van der Waals surface area contributed by atoms with E-state index in [2.05, 4.69) is 19.2 Å². The highest BCUT2D eigenvalue weighted by atomic mass is 16.1. The lowest BCUT2D eigenvalue weighted by Gasteiger charge is -2.11. The van der Waals surface area contributed by atoms with Gasteiger partial charge < -0.3 is 11.1 Å². The molecule has 1 amide bonds. The van der Waals surface area contributed by atoms with Crippen molar-refractivity contribution in [3.8, 4) is 0 Å². The second-order valence-electron chi connectivity index (χ2n) is 4.14. The van der Waals surface area contributed by atoms with Crippen LogP contribution in [0.25, 0.3) is 0 Å². The summed E-state index contributed by atoms with van der Waals surface area (Å²) in [5.74, 6) is 0.360. The zero-order chi connectivity index (χ0) is 11.4. The second kappa shape index (κ2) is 4.82. The number of benzene rings is 1. The molecule has 1 aromatic carbocycles. The largest absolute Gasteiger partial charge is 0.398 e. The average molecular weight is 206 g/mol. The number of hydrogen-bond acceptors (Lipinski definition) is 2. The van der Waals surface area contributed by atoms with Crippen LogP contribution in [-0.2, 0) is 0 Å². The molecule has 0 saturated carbocycles. The molecule has 0 saturated heterocycles. The zero-order valence-corrected chi connectivity index (χ0v) is 9.50. The van der Waals surface area contributed by atoms with Crippen molar-refractivity contribution in [1.82, 2.24) is 5.32 Å². The number of carbonyl (C=O) groups is 1. The van der Waals surface area contributed by atoms with Gasteiger partial charge in [-0.1, -0.05) is 26.0 Å². The molecule has 1 rings (SSSR count). The van der Waals surface area contributed by atoms with Crippen LogP contribution in [-0.4, -0.2) is 12.5 Å². The number of aryl methyl sites for hydroxylation is 1. The van der Waals surface area contributed by atoms with Crippen molar-refractivity contribution in [1.29, 1.82) is 0 Å². The third-order valence-electron chi connectivity index (χ3n) is 2.20. The molecule has 0 aromatic heterocycles. The molecule has 3 heteroatoms. The molecular weight excluding hydrogens is 188 g/mol. The standard InChI is InChI=1S/C12H18N2O/c1-8(2)7-14-12(15)11-9(3)5-4-6-10(11)13/h4-6,8H,7,13H2,1-3H3,(H,14,15). The molecule has 0 atom stereocenters. The fraction of sp³-hybridized carbons (Fsp3) is 0.417. The summed E-state index contributed by atoms with van der Waals surface area (Å²) in [5, 5.41) is 2.86. The monoisotopic (exact) mass is 206 g/mol. The van der Waals surface area contributed by atoms with E-state index in [-0.39, 0.29) is 5.91 Å². The first-order valence-corrected chi connectivity index (χ1v) is 5.15. The Morgan fingerprint density at radius 2 is 2.13 bits per heavy atom. The van der Waals surface area contributed by atoms with Crippen molar-refractivity contribution in [2.24, 2.45) is 5.92 Å². The van der Waals surface area contributed by atoms with Gasteiger partial charge in [0, 0.05) is 12.2 Å². The van der Waals surface area contributed by atoms with Gasteiger partial charge in [0.25, 0.3) is 5.91 Å². The molecule has 15 heavy (non-hydrogen) atoms. The minimum Gasteiger partial charge on any atom is -0.398 e. The van der Waals surface area contributed by atoms with Gasteiger partial charge in [0.05, 0.1) is 5.56 Å². The summed E-state index contributed by atoms with van der Waals surface area (Å²) in [6.45, 7) is 6.68. The molecule has 0 aliphatic rings. The van der Waals surface area contributed by atoms with Gasteiger partial charge in [-0.05, 0) is 24.5 Å². The number of hydrogen-bond donors (Lipinski definition) is 2. The van der Waals surface area contributed by atoms with Crippen molar-refractivity contribution < 1.29 is 4.79 Å². The van der Waals surface area contributed by atoms with E-state index >= 15 is 0 Å². The third kappa shape index (κ3) is 2.98. The first-order valence-electron chi connectivity index (χ1n) is 5.15. The minimum atomic E-state index is -0.0840. The van der Waals surface area contributed by atoms with Gasteiger partial charge in [-0.25, -0.2) is 0 Å². The van der Waals surface area contributed by atoms with Crippen LogP contribution in [0.4, 0.5) is 5.69 Å². The Labute approximate surface area is 90.7 Å². The van der Waals surface area contributed by atoms with Crippen molar-refractivity contribution in [3.63, 3.8) is 0 Å². The molecule has 3 N–H and O–H groups in total. The highest BCUT2D eigenvalue weighted by Gasteiger charge is 2.11. The van der Waals surface area contributed by atoms with Crippen LogP contribution in [0.1, 0.15) is 29.8 Å². The quantitative estimate of drug-likeness (QED) is 0.743. The first-order chi connectivity index (χ1) is 7.02. The molecule has 3 nitrogen and oxygen atoms in total. The van der Waals surface area contributed by atoms with Gasteiger partial charge in [-0.2, -0.15) is 0 Å². The summed E-state index contributed by atoms with van der Waals surface area (Å²) in [6.07, 6.45) is 0. The maximum atomic E-state index is 11.8. The second-order valence-corrected chi connectivity index (χ2v) is 4.14. The lowest BCUT2D eigenvalue weighted by molar-refractivity contribution is 0.0949. The van der Waals surface area contributed by atoms with Crippen molar-refractivity contribution in [2.45, 2.75) is 20.8 Å². The third-order valence-corrected chi connectivity index (χ3v) is 2.20. The summed E-state index contributed by atoms with van der Waals surface area (Å²) >= 11 is 0. The van der Waals surface area contributed by atoms with Crippen LogP contribution in [0.3, 0.4) is 0 Å². The van der Waals surface area contributed by atoms with E-state index in [1.165, 1.54) is 0 Å². The number of amides is 1. The maximum absolute atomic E-state index is 11.8. The Balaban J connectivity index is 2.82. The summed E-state index contributed by atoms with van der Waals surface area (Å²) in [6, 6.07) is 5.49. The van der Waals surface area contributed by atoms with E-state index in [1.54, 1.807) is 6.07 Å². The highest BCUT2D eigenvalue weighted by Crippen LogP contribution is 2.15. The summed E-state index contributed by atoms with van der Waals surface area (Å²) in [5.41, 5.74) is 7.81. The van der Waals surface area contributed by atoms with E-state index in [1.807, 2.05) is 19.1 Å². The molecule has 0 unspecified atom stereocenters. The molecule has 0 aliphatic carbocycles. The zero-order valence-electron chi connectivity index (χ0n) is 9.50. The van der Waals surface area contributed by atoms with Gasteiger partial charge in [-0.15, -0.1) is 0 Å². The predicted molar refractivity (Wildman–Crippen MR) is 62.8 cm³/mol. The van der Waals surface area contributed by atoms with Crippen LogP contribution in [0.5, 0.6) is 0 Å².